The van der Waals surface area contributed by atoms with Gasteiger partial charge in [0.15, 0.2) is 28.6 Å². The lowest BCUT2D eigenvalue weighted by Crippen LogP contribution is -2.15. The van der Waals surface area contributed by atoms with Gasteiger partial charge in [0, 0.05) is 25.3 Å². The summed E-state index contributed by atoms with van der Waals surface area (Å²) in [5.74, 6) is 1.74. The summed E-state index contributed by atoms with van der Waals surface area (Å²) in [6, 6.07) is 12.7. The van der Waals surface area contributed by atoms with Crippen LogP contribution in [0, 0.1) is 6.92 Å². The van der Waals surface area contributed by atoms with E-state index in [4.69, 9.17) is 9.47 Å². The minimum atomic E-state index is -0.368. The van der Waals surface area contributed by atoms with E-state index in [1.165, 1.54) is 18.7 Å². The maximum absolute atomic E-state index is 12.4. The first kappa shape index (κ1) is 24.1. The number of rotatable bonds is 9. The van der Waals surface area contributed by atoms with Crippen LogP contribution in [-0.2, 0) is 16.6 Å². The highest BCUT2D eigenvalue weighted by Gasteiger charge is 2.19. The molecular formula is C23H27N5O4S. The number of ether oxygens (including phenoxy) is 2. The summed E-state index contributed by atoms with van der Waals surface area (Å²) in [5.41, 5.74) is 2.23. The summed E-state index contributed by atoms with van der Waals surface area (Å²) in [6.07, 6.45) is -0.368. The van der Waals surface area contributed by atoms with Gasteiger partial charge < -0.3 is 24.7 Å². The Bertz CT molecular complexity index is 1150. The van der Waals surface area contributed by atoms with E-state index >= 15 is 0 Å². The summed E-state index contributed by atoms with van der Waals surface area (Å²) in [4.78, 5) is 23.7. The van der Waals surface area contributed by atoms with Crippen molar-refractivity contribution in [2.24, 2.45) is 7.05 Å². The summed E-state index contributed by atoms with van der Waals surface area (Å²) in [6.45, 7) is 5.20. The Hall–Kier alpha value is -3.53. The Morgan fingerprint density at radius 3 is 2.52 bits per heavy atom. The van der Waals surface area contributed by atoms with Gasteiger partial charge >= 0.3 is 0 Å². The van der Waals surface area contributed by atoms with Crippen molar-refractivity contribution in [2.75, 3.05) is 23.5 Å². The van der Waals surface area contributed by atoms with E-state index in [1.54, 1.807) is 19.2 Å². The lowest BCUT2D eigenvalue weighted by Gasteiger charge is -2.16. The van der Waals surface area contributed by atoms with Crippen molar-refractivity contribution < 1.29 is 19.1 Å². The molecular weight excluding hydrogens is 442 g/mol. The van der Waals surface area contributed by atoms with Crippen LogP contribution >= 0.6 is 11.8 Å². The van der Waals surface area contributed by atoms with Crippen LogP contribution in [0.1, 0.15) is 31.3 Å². The van der Waals surface area contributed by atoms with E-state index in [0.29, 0.717) is 33.9 Å². The number of thioether (sulfide) groups is 1. The molecule has 1 aromatic heterocycles. The van der Waals surface area contributed by atoms with Crippen LogP contribution in [0.3, 0.4) is 0 Å². The van der Waals surface area contributed by atoms with E-state index in [1.807, 2.05) is 55.8 Å². The van der Waals surface area contributed by atoms with Crippen LogP contribution < -0.4 is 20.1 Å². The molecule has 3 aromatic rings. The number of carbonyl (C=O) groups is 2. The molecule has 9 nitrogen and oxygen atoms in total. The fourth-order valence-electron chi connectivity index (χ4n) is 3.16. The Morgan fingerprint density at radius 1 is 1.12 bits per heavy atom. The number of nitrogens with one attached hydrogen (secondary N) is 2. The first-order valence-corrected chi connectivity index (χ1v) is 11.3. The second kappa shape index (κ2) is 10.9. The van der Waals surface area contributed by atoms with Gasteiger partial charge in [-0.15, -0.1) is 10.2 Å². The first-order chi connectivity index (χ1) is 15.8. The molecule has 0 radical (unpaired) electrons. The number of amides is 2. The summed E-state index contributed by atoms with van der Waals surface area (Å²) >= 11 is 1.28. The summed E-state index contributed by atoms with van der Waals surface area (Å²) in [7, 11) is 3.43. The number of aryl methyl sites for hydroxylation is 1. The second-order valence-corrected chi connectivity index (χ2v) is 8.30. The van der Waals surface area contributed by atoms with Gasteiger partial charge in [0.25, 0.3) is 0 Å². The van der Waals surface area contributed by atoms with Crippen LogP contribution in [0.4, 0.5) is 11.4 Å². The summed E-state index contributed by atoms with van der Waals surface area (Å²) in [5, 5.41) is 14.6. The number of methoxy groups -OCH3 is 1. The molecule has 0 aliphatic carbocycles. The number of carbonyl (C=O) groups excluding carboxylic acids is 2. The zero-order valence-corrected chi connectivity index (χ0v) is 20.0. The predicted octanol–water partition coefficient (Wildman–Crippen LogP) is 3.96. The molecule has 2 N–H and O–H groups in total. The molecule has 0 saturated heterocycles. The van der Waals surface area contributed by atoms with Crippen molar-refractivity contribution in [1.82, 2.24) is 14.8 Å². The Kier molecular flexibility index (Phi) is 7.94. The molecule has 33 heavy (non-hydrogen) atoms. The number of para-hydroxylation sites is 2. The third kappa shape index (κ3) is 6.26. The number of nitrogens with zero attached hydrogens (tertiary/aromatic N) is 3. The van der Waals surface area contributed by atoms with E-state index < -0.39 is 0 Å². The Morgan fingerprint density at radius 2 is 1.85 bits per heavy atom. The maximum Gasteiger partial charge on any atom is 0.234 e. The first-order valence-electron chi connectivity index (χ1n) is 10.3. The minimum absolute atomic E-state index is 0.142. The van der Waals surface area contributed by atoms with Gasteiger partial charge in [0.1, 0.15) is 0 Å². The molecule has 1 unspecified atom stereocenters. The average Bonchev–Trinajstić information content (AvgIpc) is 3.14. The molecule has 1 heterocycles. The normalized spacial score (nSPS) is 11.5. The lowest BCUT2D eigenvalue weighted by atomic mass is 10.1. The van der Waals surface area contributed by atoms with Crippen LogP contribution in [0.2, 0.25) is 0 Å². The molecule has 0 spiro atoms. The van der Waals surface area contributed by atoms with E-state index in [2.05, 4.69) is 20.8 Å². The molecule has 3 rings (SSSR count). The van der Waals surface area contributed by atoms with Crippen molar-refractivity contribution >= 4 is 35.0 Å². The fraction of sp³-hybridized carbons (Fsp3) is 0.304. The van der Waals surface area contributed by atoms with E-state index in [0.717, 1.165) is 5.56 Å². The highest BCUT2D eigenvalue weighted by molar-refractivity contribution is 7.99. The molecule has 2 aromatic carbocycles. The molecule has 2 amide bonds. The smallest absolute Gasteiger partial charge is 0.234 e. The van der Waals surface area contributed by atoms with Crippen molar-refractivity contribution in [1.29, 1.82) is 0 Å². The fourth-order valence-corrected chi connectivity index (χ4v) is 3.88. The van der Waals surface area contributed by atoms with Gasteiger partial charge in [-0.25, -0.2) is 0 Å². The highest BCUT2D eigenvalue weighted by atomic mass is 32.2. The monoisotopic (exact) mass is 469 g/mol. The van der Waals surface area contributed by atoms with Crippen molar-refractivity contribution in [3.8, 4) is 11.5 Å². The number of benzene rings is 2. The number of anilines is 2. The molecule has 0 aliphatic heterocycles. The number of hydrogen-bond donors (Lipinski definition) is 2. The third-order valence-corrected chi connectivity index (χ3v) is 5.78. The zero-order valence-electron chi connectivity index (χ0n) is 19.2. The Labute approximate surface area is 196 Å². The number of hydrogen-bond acceptors (Lipinski definition) is 7. The Balaban J connectivity index is 1.58. The largest absolute Gasteiger partial charge is 0.493 e. The minimum Gasteiger partial charge on any atom is -0.493 e. The van der Waals surface area contributed by atoms with E-state index in [-0.39, 0.29) is 23.7 Å². The van der Waals surface area contributed by atoms with Gasteiger partial charge in [-0.1, -0.05) is 23.9 Å². The molecule has 0 aliphatic rings. The van der Waals surface area contributed by atoms with Gasteiger partial charge in [0.05, 0.1) is 12.9 Å². The average molecular weight is 470 g/mol. The molecule has 0 saturated carbocycles. The standard InChI is InChI=1S/C23H27N5O4S/c1-14-12-17(10-11-18(14)24-16(3)29)25-21(30)13-33-23-27-26-22(28(23)4)15(2)32-20-9-7-6-8-19(20)31-5/h6-12,15H,13H2,1-5H3,(H,24,29)(H,25,30). The topological polar surface area (TPSA) is 107 Å². The maximum atomic E-state index is 12.4. The second-order valence-electron chi connectivity index (χ2n) is 7.36. The van der Waals surface area contributed by atoms with Gasteiger partial charge in [-0.2, -0.15) is 0 Å². The quantitative estimate of drug-likeness (QED) is 0.457. The zero-order chi connectivity index (χ0) is 24.0. The van der Waals surface area contributed by atoms with Crippen LogP contribution in [-0.4, -0.2) is 39.4 Å². The van der Waals surface area contributed by atoms with Gasteiger partial charge in [0.2, 0.25) is 11.8 Å². The molecule has 0 bridgehead atoms. The molecule has 174 valence electrons. The molecule has 1 atom stereocenters. The van der Waals surface area contributed by atoms with Crippen molar-refractivity contribution in [3.05, 3.63) is 53.9 Å². The lowest BCUT2D eigenvalue weighted by molar-refractivity contribution is -0.114. The van der Waals surface area contributed by atoms with Crippen LogP contribution in [0.15, 0.2) is 47.6 Å². The molecule has 0 fully saturated rings. The summed E-state index contributed by atoms with van der Waals surface area (Å²) < 4.78 is 13.1. The van der Waals surface area contributed by atoms with Gasteiger partial charge in [-0.05, 0) is 49.7 Å². The highest BCUT2D eigenvalue weighted by Crippen LogP contribution is 2.30. The molecule has 10 heteroatoms. The predicted molar refractivity (Wildman–Crippen MR) is 128 cm³/mol. The van der Waals surface area contributed by atoms with Crippen molar-refractivity contribution in [2.45, 2.75) is 32.0 Å². The SMILES string of the molecule is COc1ccccc1OC(C)c1nnc(SCC(=O)Nc2ccc(NC(C)=O)c(C)c2)n1C. The van der Waals surface area contributed by atoms with Crippen LogP contribution in [0.25, 0.3) is 0 Å². The third-order valence-electron chi connectivity index (χ3n) is 4.76. The number of aromatic nitrogens is 3. The van der Waals surface area contributed by atoms with Crippen molar-refractivity contribution in [3.63, 3.8) is 0 Å². The van der Waals surface area contributed by atoms with E-state index in [9.17, 15) is 9.59 Å². The van der Waals surface area contributed by atoms with Gasteiger partial charge in [-0.3, -0.25) is 9.59 Å². The van der Waals surface area contributed by atoms with Crippen LogP contribution in [0.5, 0.6) is 11.5 Å².